The van der Waals surface area contributed by atoms with E-state index in [1.165, 1.54) is 6.07 Å². The van der Waals surface area contributed by atoms with E-state index in [9.17, 15) is 10.4 Å². The number of nitrogens with zero attached hydrogens (tertiary/aromatic N) is 1. The number of allylic oxidation sites excluding steroid dienone is 1. The van der Waals surface area contributed by atoms with Crippen molar-refractivity contribution in [2.75, 3.05) is 0 Å². The zero-order valence-corrected chi connectivity index (χ0v) is 17.9. The molecule has 1 heterocycles. The van der Waals surface area contributed by atoms with Crippen LogP contribution in [0.15, 0.2) is 76.6 Å². The third-order valence-electron chi connectivity index (χ3n) is 4.79. The summed E-state index contributed by atoms with van der Waals surface area (Å²) in [6.45, 7) is 0.332. The fraction of sp³-hybridized carbons (Fsp3) is 0.0870. The molecule has 1 aliphatic heterocycles. The van der Waals surface area contributed by atoms with Gasteiger partial charge in [0.05, 0.1) is 5.92 Å². The average Bonchev–Trinajstić information content (AvgIpc) is 2.73. The van der Waals surface area contributed by atoms with Crippen LogP contribution in [-0.4, -0.2) is 5.11 Å². The Kier molecular flexibility index (Phi) is 5.58. The molecule has 0 aromatic heterocycles. The first kappa shape index (κ1) is 20.1. The lowest BCUT2D eigenvalue weighted by atomic mass is 9.83. The molecule has 0 radical (unpaired) electrons. The number of ether oxygens (including phenoxy) is 2. The molecular weight excluding hydrogens is 468 g/mol. The molecular formula is C23H16BrClN2O3. The second kappa shape index (κ2) is 8.31. The predicted octanol–water partition coefficient (Wildman–Crippen LogP) is 5.61. The Balaban J connectivity index is 1.78. The first-order valence-corrected chi connectivity index (χ1v) is 10.2. The number of nitrogens with two attached hydrogens (primary N) is 1. The van der Waals surface area contributed by atoms with Gasteiger partial charge in [-0.1, -0.05) is 45.7 Å². The van der Waals surface area contributed by atoms with Gasteiger partial charge in [0, 0.05) is 26.7 Å². The van der Waals surface area contributed by atoms with E-state index >= 15 is 0 Å². The summed E-state index contributed by atoms with van der Waals surface area (Å²) in [6.07, 6.45) is 0. The first-order valence-electron chi connectivity index (χ1n) is 9.03. The van der Waals surface area contributed by atoms with Crippen molar-refractivity contribution >= 4 is 27.5 Å². The topological polar surface area (TPSA) is 88.5 Å². The van der Waals surface area contributed by atoms with Gasteiger partial charge >= 0.3 is 0 Å². The van der Waals surface area contributed by atoms with Crippen LogP contribution in [0.2, 0.25) is 5.02 Å². The number of rotatable bonds is 4. The Hall–Kier alpha value is -3.14. The van der Waals surface area contributed by atoms with Crippen LogP contribution in [0.3, 0.4) is 0 Å². The van der Waals surface area contributed by atoms with Crippen LogP contribution in [0.1, 0.15) is 22.6 Å². The van der Waals surface area contributed by atoms with Gasteiger partial charge in [0.25, 0.3) is 0 Å². The van der Waals surface area contributed by atoms with Crippen LogP contribution in [-0.2, 0) is 6.61 Å². The number of phenolic OH excluding ortho intramolecular Hbond substituents is 1. The summed E-state index contributed by atoms with van der Waals surface area (Å²) in [6, 6.07) is 19.9. The highest BCUT2D eigenvalue weighted by Gasteiger charge is 2.33. The number of aromatic hydroxyl groups is 1. The summed E-state index contributed by atoms with van der Waals surface area (Å²) in [4.78, 5) is 0. The highest BCUT2D eigenvalue weighted by molar-refractivity contribution is 9.10. The quantitative estimate of drug-likeness (QED) is 0.504. The van der Waals surface area contributed by atoms with Gasteiger partial charge in [-0.2, -0.15) is 5.26 Å². The zero-order chi connectivity index (χ0) is 21.3. The lowest BCUT2D eigenvalue weighted by Gasteiger charge is -2.28. The van der Waals surface area contributed by atoms with Crippen molar-refractivity contribution in [3.8, 4) is 23.3 Å². The molecule has 1 atom stereocenters. The number of phenols is 1. The van der Waals surface area contributed by atoms with Gasteiger partial charge in [-0.3, -0.25) is 0 Å². The Morgan fingerprint density at radius 3 is 2.60 bits per heavy atom. The van der Waals surface area contributed by atoms with E-state index in [-0.39, 0.29) is 17.2 Å². The molecule has 0 aliphatic carbocycles. The highest BCUT2D eigenvalue weighted by atomic mass is 79.9. The molecule has 0 saturated heterocycles. The lowest BCUT2D eigenvalue weighted by molar-refractivity contribution is 0.301. The Morgan fingerprint density at radius 2 is 1.87 bits per heavy atom. The molecule has 0 saturated carbocycles. The Morgan fingerprint density at radius 1 is 1.10 bits per heavy atom. The lowest BCUT2D eigenvalue weighted by Crippen LogP contribution is -2.21. The SMILES string of the molecule is N#CC1=C(N)Oc2cc(O)ccc2C1c1cc(Br)ccc1OCc1ccc(Cl)cc1. The van der Waals surface area contributed by atoms with E-state index in [1.807, 2.05) is 30.3 Å². The summed E-state index contributed by atoms with van der Waals surface area (Å²) in [5.74, 6) is 0.565. The molecule has 1 unspecified atom stereocenters. The molecule has 3 aromatic carbocycles. The number of hydrogen-bond donors (Lipinski definition) is 2. The van der Waals surface area contributed by atoms with E-state index in [1.54, 1.807) is 24.3 Å². The van der Waals surface area contributed by atoms with Crippen molar-refractivity contribution in [2.45, 2.75) is 12.5 Å². The van der Waals surface area contributed by atoms with Gasteiger partial charge in [-0.25, -0.2) is 0 Å². The van der Waals surface area contributed by atoms with Gasteiger partial charge in [0.1, 0.15) is 35.5 Å². The molecule has 0 fully saturated rings. The number of halogens is 2. The van der Waals surface area contributed by atoms with Crippen LogP contribution in [0.25, 0.3) is 0 Å². The monoisotopic (exact) mass is 482 g/mol. The van der Waals surface area contributed by atoms with Crippen LogP contribution in [0.5, 0.6) is 17.2 Å². The maximum atomic E-state index is 9.84. The van der Waals surface area contributed by atoms with Crippen LogP contribution >= 0.6 is 27.5 Å². The number of fused-ring (bicyclic) bond motifs is 1. The van der Waals surface area contributed by atoms with Crippen molar-refractivity contribution < 1.29 is 14.6 Å². The molecule has 1 aliphatic rings. The minimum absolute atomic E-state index is 0.00391. The summed E-state index contributed by atoms with van der Waals surface area (Å²) in [5.41, 5.74) is 8.75. The van der Waals surface area contributed by atoms with E-state index in [2.05, 4.69) is 22.0 Å². The van der Waals surface area contributed by atoms with Gasteiger partial charge in [-0.15, -0.1) is 0 Å². The van der Waals surface area contributed by atoms with E-state index in [0.717, 1.165) is 15.6 Å². The molecule has 7 heteroatoms. The molecule has 0 spiro atoms. The van der Waals surface area contributed by atoms with E-state index < -0.39 is 5.92 Å². The minimum Gasteiger partial charge on any atom is -0.508 e. The number of hydrogen-bond acceptors (Lipinski definition) is 5. The molecule has 3 N–H and O–H groups in total. The predicted molar refractivity (Wildman–Crippen MR) is 117 cm³/mol. The van der Waals surface area contributed by atoms with Crippen LogP contribution in [0, 0.1) is 11.3 Å². The first-order chi connectivity index (χ1) is 14.5. The molecule has 0 bridgehead atoms. The van der Waals surface area contributed by atoms with Crippen molar-refractivity contribution in [2.24, 2.45) is 5.73 Å². The number of benzene rings is 3. The Bertz CT molecular complexity index is 1190. The fourth-order valence-electron chi connectivity index (χ4n) is 3.38. The molecule has 3 aromatic rings. The molecule has 30 heavy (non-hydrogen) atoms. The largest absolute Gasteiger partial charge is 0.508 e. The maximum Gasteiger partial charge on any atom is 0.205 e. The van der Waals surface area contributed by atoms with Gasteiger partial charge in [0.2, 0.25) is 5.88 Å². The maximum absolute atomic E-state index is 9.84. The molecule has 0 amide bonds. The van der Waals surface area contributed by atoms with Crippen LogP contribution in [0.4, 0.5) is 0 Å². The summed E-state index contributed by atoms with van der Waals surface area (Å²) >= 11 is 9.46. The van der Waals surface area contributed by atoms with Gasteiger partial charge < -0.3 is 20.3 Å². The highest BCUT2D eigenvalue weighted by Crippen LogP contribution is 2.46. The normalized spacial score (nSPS) is 15.2. The minimum atomic E-state index is -0.503. The van der Waals surface area contributed by atoms with E-state index in [0.29, 0.717) is 28.7 Å². The van der Waals surface area contributed by atoms with Crippen molar-refractivity contribution in [3.63, 3.8) is 0 Å². The molecule has 4 rings (SSSR count). The summed E-state index contributed by atoms with van der Waals surface area (Å²) in [5, 5.41) is 20.3. The van der Waals surface area contributed by atoms with Crippen molar-refractivity contribution in [3.05, 3.63) is 98.3 Å². The second-order valence-corrected chi connectivity index (χ2v) is 8.10. The number of nitriles is 1. The third-order valence-corrected chi connectivity index (χ3v) is 5.54. The average molecular weight is 484 g/mol. The van der Waals surface area contributed by atoms with Gasteiger partial charge in [-0.05, 0) is 42.0 Å². The standard InChI is InChI=1S/C23H16BrClN2O3/c24-14-3-8-20(29-12-13-1-4-15(25)5-2-13)18(9-14)22-17-7-6-16(28)10-21(17)30-23(27)19(22)11-26/h1-10,22,28H,12,27H2. The summed E-state index contributed by atoms with van der Waals surface area (Å²) in [7, 11) is 0. The molecule has 5 nitrogen and oxygen atoms in total. The van der Waals surface area contributed by atoms with Crippen molar-refractivity contribution in [1.82, 2.24) is 0 Å². The second-order valence-electron chi connectivity index (χ2n) is 6.74. The Labute approximate surface area is 187 Å². The van der Waals surface area contributed by atoms with Gasteiger partial charge in [0.15, 0.2) is 0 Å². The van der Waals surface area contributed by atoms with Crippen molar-refractivity contribution in [1.29, 1.82) is 5.26 Å². The zero-order valence-electron chi connectivity index (χ0n) is 15.6. The van der Waals surface area contributed by atoms with E-state index in [4.69, 9.17) is 26.8 Å². The third kappa shape index (κ3) is 3.95. The fourth-order valence-corrected chi connectivity index (χ4v) is 3.89. The smallest absolute Gasteiger partial charge is 0.205 e. The molecule has 150 valence electrons. The summed E-state index contributed by atoms with van der Waals surface area (Å²) < 4.78 is 12.5. The van der Waals surface area contributed by atoms with Crippen LogP contribution < -0.4 is 15.2 Å².